The lowest BCUT2D eigenvalue weighted by atomic mass is 10.2. The van der Waals surface area contributed by atoms with E-state index in [1.165, 1.54) is 6.07 Å². The Bertz CT molecular complexity index is 1240. The quantitative estimate of drug-likeness (QED) is 0.453. The highest BCUT2D eigenvalue weighted by Crippen LogP contribution is 2.19. The maximum Gasteiger partial charge on any atom is 0.220 e. The van der Waals surface area contributed by atoms with E-state index in [1.807, 2.05) is 41.0 Å². The minimum atomic E-state index is -0.934. The predicted octanol–water partition coefficient (Wildman–Crippen LogP) is 4.02. The van der Waals surface area contributed by atoms with Crippen LogP contribution in [0.5, 0.6) is 5.75 Å². The second kappa shape index (κ2) is 9.55. The molecular weight excluding hydrogens is 414 g/mol. The molecule has 2 aromatic heterocycles. The molecule has 6 nitrogen and oxygen atoms in total. The Morgan fingerprint density at radius 1 is 1.06 bits per heavy atom. The van der Waals surface area contributed by atoms with Crippen LogP contribution in [-0.4, -0.2) is 27.6 Å². The number of imidazole rings is 1. The highest BCUT2D eigenvalue weighted by Gasteiger charge is 2.14. The molecule has 164 valence electrons. The monoisotopic (exact) mass is 436 g/mol. The van der Waals surface area contributed by atoms with Gasteiger partial charge in [0.2, 0.25) is 5.91 Å². The molecule has 0 unspecified atom stereocenters. The number of benzene rings is 2. The average molecular weight is 436 g/mol. The number of nitrogens with one attached hydrogen (secondary N) is 1. The number of pyridine rings is 1. The maximum absolute atomic E-state index is 13.3. The van der Waals surface area contributed by atoms with Crippen LogP contribution >= 0.6 is 0 Å². The van der Waals surface area contributed by atoms with Crippen LogP contribution in [0, 0.1) is 11.6 Å². The summed E-state index contributed by atoms with van der Waals surface area (Å²) in [4.78, 5) is 21.5. The summed E-state index contributed by atoms with van der Waals surface area (Å²) in [7, 11) is 1.62. The molecule has 0 aliphatic rings. The number of aromatic nitrogens is 3. The summed E-state index contributed by atoms with van der Waals surface area (Å²) in [5.41, 5.74) is 3.06. The SMILES string of the molecule is COc1ccc(Cn2c(CCC(=O)NCc3ccc(F)c(F)c3)nc3cccnc32)cc1. The van der Waals surface area contributed by atoms with E-state index in [0.717, 1.165) is 40.4 Å². The second-order valence-electron chi connectivity index (χ2n) is 7.33. The van der Waals surface area contributed by atoms with Gasteiger partial charge in [-0.05, 0) is 47.5 Å². The van der Waals surface area contributed by atoms with Gasteiger partial charge in [-0.1, -0.05) is 18.2 Å². The zero-order valence-corrected chi connectivity index (χ0v) is 17.5. The molecule has 0 saturated heterocycles. The van der Waals surface area contributed by atoms with Crippen molar-refractivity contribution < 1.29 is 18.3 Å². The first-order valence-corrected chi connectivity index (χ1v) is 10.2. The van der Waals surface area contributed by atoms with E-state index < -0.39 is 11.6 Å². The minimum Gasteiger partial charge on any atom is -0.497 e. The summed E-state index contributed by atoms with van der Waals surface area (Å²) >= 11 is 0. The Morgan fingerprint density at radius 3 is 2.59 bits per heavy atom. The Kier molecular flexibility index (Phi) is 6.39. The van der Waals surface area contributed by atoms with E-state index in [1.54, 1.807) is 13.3 Å². The van der Waals surface area contributed by atoms with Gasteiger partial charge in [0.15, 0.2) is 17.3 Å². The van der Waals surface area contributed by atoms with Gasteiger partial charge in [-0.2, -0.15) is 0 Å². The van der Waals surface area contributed by atoms with E-state index in [4.69, 9.17) is 4.74 Å². The first kappa shape index (κ1) is 21.4. The van der Waals surface area contributed by atoms with Crippen molar-refractivity contribution in [3.63, 3.8) is 0 Å². The van der Waals surface area contributed by atoms with Crippen LogP contribution in [0.1, 0.15) is 23.4 Å². The molecule has 0 radical (unpaired) electrons. The number of hydrogen-bond donors (Lipinski definition) is 1. The number of aryl methyl sites for hydroxylation is 1. The highest BCUT2D eigenvalue weighted by atomic mass is 19.2. The third-order valence-electron chi connectivity index (χ3n) is 5.13. The van der Waals surface area contributed by atoms with Gasteiger partial charge in [0.25, 0.3) is 0 Å². The van der Waals surface area contributed by atoms with E-state index in [-0.39, 0.29) is 18.9 Å². The number of ether oxygens (including phenoxy) is 1. The first-order chi connectivity index (χ1) is 15.5. The van der Waals surface area contributed by atoms with Gasteiger partial charge in [0.05, 0.1) is 13.7 Å². The molecule has 0 saturated carbocycles. The number of carbonyl (C=O) groups excluding carboxylic acids is 1. The molecule has 2 aromatic carbocycles. The second-order valence-corrected chi connectivity index (χ2v) is 7.33. The molecule has 4 rings (SSSR count). The van der Waals surface area contributed by atoms with Crippen molar-refractivity contribution in [2.75, 3.05) is 7.11 Å². The van der Waals surface area contributed by atoms with Crippen molar-refractivity contribution in [3.05, 3.63) is 89.4 Å². The molecule has 0 fully saturated rings. The molecule has 0 bridgehead atoms. The number of rotatable bonds is 8. The van der Waals surface area contributed by atoms with Gasteiger partial charge in [-0.15, -0.1) is 0 Å². The Balaban J connectivity index is 1.45. The van der Waals surface area contributed by atoms with Crippen molar-refractivity contribution in [1.29, 1.82) is 0 Å². The molecule has 32 heavy (non-hydrogen) atoms. The van der Waals surface area contributed by atoms with Crippen LogP contribution in [-0.2, 0) is 24.3 Å². The van der Waals surface area contributed by atoms with Gasteiger partial charge in [-0.25, -0.2) is 18.7 Å². The fourth-order valence-corrected chi connectivity index (χ4v) is 3.44. The van der Waals surface area contributed by atoms with Gasteiger partial charge >= 0.3 is 0 Å². The summed E-state index contributed by atoms with van der Waals surface area (Å²) in [5, 5.41) is 2.74. The molecular formula is C24H22F2N4O2. The first-order valence-electron chi connectivity index (χ1n) is 10.2. The topological polar surface area (TPSA) is 69.0 Å². The number of nitrogens with zero attached hydrogens (tertiary/aromatic N) is 3. The fraction of sp³-hybridized carbons (Fsp3) is 0.208. The van der Waals surface area contributed by atoms with Crippen LogP contribution in [0.15, 0.2) is 60.8 Å². The number of halogens is 2. The fourth-order valence-electron chi connectivity index (χ4n) is 3.44. The van der Waals surface area contributed by atoms with Crippen molar-refractivity contribution >= 4 is 17.1 Å². The normalized spacial score (nSPS) is 11.0. The Hall–Kier alpha value is -3.81. The predicted molar refractivity (Wildman–Crippen MR) is 116 cm³/mol. The van der Waals surface area contributed by atoms with E-state index in [9.17, 15) is 13.6 Å². The number of carbonyl (C=O) groups is 1. The highest BCUT2D eigenvalue weighted by molar-refractivity contribution is 5.76. The summed E-state index contributed by atoms with van der Waals surface area (Å²) in [5.74, 6) is -0.524. The summed E-state index contributed by atoms with van der Waals surface area (Å²) in [6.07, 6.45) is 2.33. The van der Waals surface area contributed by atoms with Crippen LogP contribution in [0.4, 0.5) is 8.78 Å². The van der Waals surface area contributed by atoms with Gasteiger partial charge in [0.1, 0.15) is 17.1 Å². The number of amides is 1. The molecule has 0 spiro atoms. The molecule has 2 heterocycles. The zero-order chi connectivity index (χ0) is 22.5. The lowest BCUT2D eigenvalue weighted by molar-refractivity contribution is -0.121. The smallest absolute Gasteiger partial charge is 0.220 e. The zero-order valence-electron chi connectivity index (χ0n) is 17.5. The van der Waals surface area contributed by atoms with Crippen LogP contribution < -0.4 is 10.1 Å². The summed E-state index contributed by atoms with van der Waals surface area (Å²) in [6.45, 7) is 0.684. The van der Waals surface area contributed by atoms with E-state index in [2.05, 4.69) is 15.3 Å². The lowest BCUT2D eigenvalue weighted by Gasteiger charge is -2.10. The average Bonchev–Trinajstić information content (AvgIpc) is 3.16. The summed E-state index contributed by atoms with van der Waals surface area (Å²) in [6, 6.07) is 15.0. The van der Waals surface area contributed by atoms with Crippen LogP contribution in [0.25, 0.3) is 11.2 Å². The maximum atomic E-state index is 13.3. The largest absolute Gasteiger partial charge is 0.497 e. The van der Waals surface area contributed by atoms with Gasteiger partial charge < -0.3 is 14.6 Å². The summed E-state index contributed by atoms with van der Waals surface area (Å²) < 4.78 is 33.6. The molecule has 0 aliphatic carbocycles. The van der Waals surface area contributed by atoms with E-state index >= 15 is 0 Å². The van der Waals surface area contributed by atoms with Crippen molar-refractivity contribution in [3.8, 4) is 5.75 Å². The molecule has 8 heteroatoms. The Morgan fingerprint density at radius 2 is 1.84 bits per heavy atom. The molecule has 1 amide bonds. The van der Waals surface area contributed by atoms with Crippen molar-refractivity contribution in [2.45, 2.75) is 25.9 Å². The number of fused-ring (bicyclic) bond motifs is 1. The van der Waals surface area contributed by atoms with Crippen LogP contribution in [0.3, 0.4) is 0 Å². The van der Waals surface area contributed by atoms with Crippen LogP contribution in [0.2, 0.25) is 0 Å². The van der Waals surface area contributed by atoms with Gasteiger partial charge in [-0.3, -0.25) is 4.79 Å². The minimum absolute atomic E-state index is 0.125. The Labute approximate surface area is 183 Å². The molecule has 0 aliphatic heterocycles. The third kappa shape index (κ3) is 4.91. The van der Waals surface area contributed by atoms with Crippen molar-refractivity contribution in [2.24, 2.45) is 0 Å². The number of methoxy groups -OCH3 is 1. The lowest BCUT2D eigenvalue weighted by Crippen LogP contribution is -2.23. The third-order valence-corrected chi connectivity index (χ3v) is 5.13. The number of hydrogen-bond acceptors (Lipinski definition) is 4. The molecule has 1 N–H and O–H groups in total. The van der Waals surface area contributed by atoms with E-state index in [0.29, 0.717) is 18.5 Å². The van der Waals surface area contributed by atoms with Gasteiger partial charge in [0, 0.05) is 25.6 Å². The van der Waals surface area contributed by atoms with Crippen molar-refractivity contribution in [1.82, 2.24) is 19.9 Å². The molecule has 4 aromatic rings. The standard InChI is InChI=1S/C24H22F2N4O2/c1-32-18-7-4-16(5-8-18)15-30-22(29-21-3-2-12-27-24(21)30)10-11-23(31)28-14-17-6-9-19(25)20(26)13-17/h2-9,12-13H,10-11,14-15H2,1H3,(H,28,31). The molecule has 0 atom stereocenters.